The highest BCUT2D eigenvalue weighted by Gasteiger charge is 2.66. The summed E-state index contributed by atoms with van der Waals surface area (Å²) in [7, 11) is -4.23. The summed E-state index contributed by atoms with van der Waals surface area (Å²) in [5.74, 6) is -2.86. The number of aliphatic carboxylic acids is 1. The van der Waals surface area contributed by atoms with Crippen LogP contribution in [0, 0.1) is 31.6 Å². The van der Waals surface area contributed by atoms with E-state index in [1.807, 2.05) is 0 Å². The molecule has 4 atom stereocenters. The highest BCUT2D eigenvalue weighted by atomic mass is 32.2. The Kier molecular flexibility index (Phi) is 7.70. The molecule has 2 aliphatic heterocycles. The molecule has 47 heavy (non-hydrogen) atoms. The van der Waals surface area contributed by atoms with Gasteiger partial charge in [-0.25, -0.2) is 22.9 Å². The first kappa shape index (κ1) is 31.9. The van der Waals surface area contributed by atoms with E-state index in [0.29, 0.717) is 16.0 Å². The number of aliphatic hydroxyl groups excluding tert-OH is 1. The van der Waals surface area contributed by atoms with Crippen LogP contribution < -0.4 is 4.72 Å². The van der Waals surface area contributed by atoms with Gasteiger partial charge in [0.1, 0.15) is 16.9 Å². The van der Waals surface area contributed by atoms with Gasteiger partial charge in [-0.1, -0.05) is 31.2 Å². The Bertz CT molecular complexity index is 2100. The molecule has 0 bridgehead atoms. The van der Waals surface area contributed by atoms with Gasteiger partial charge < -0.3 is 15.1 Å². The summed E-state index contributed by atoms with van der Waals surface area (Å²) in [5.41, 5.74) is -0.357. The average Bonchev–Trinajstić information content (AvgIpc) is 3.65. The molecule has 1 saturated heterocycles. The average molecular weight is 683 g/mol. The van der Waals surface area contributed by atoms with E-state index in [9.17, 15) is 48.4 Å². The molecule has 244 valence electrons. The van der Waals surface area contributed by atoms with Crippen LogP contribution in [0.15, 0.2) is 71.8 Å². The molecule has 6 rings (SSSR count). The number of β-lactam (4-membered cyclic amide) rings is 1. The zero-order valence-corrected chi connectivity index (χ0v) is 26.3. The first-order valence-electron chi connectivity index (χ1n) is 14.1. The first-order chi connectivity index (χ1) is 22.1. The second kappa shape index (κ2) is 11.3. The van der Waals surface area contributed by atoms with Crippen molar-refractivity contribution in [1.29, 1.82) is 0 Å². The lowest BCUT2D eigenvalue weighted by Gasteiger charge is -2.51. The maximum atomic E-state index is 13.4. The van der Waals surface area contributed by atoms with Crippen molar-refractivity contribution in [3.8, 4) is 0 Å². The van der Waals surface area contributed by atoms with E-state index < -0.39 is 55.2 Å². The zero-order chi connectivity index (χ0) is 34.0. The maximum absolute atomic E-state index is 13.4. The molecule has 4 heterocycles. The van der Waals surface area contributed by atoms with Gasteiger partial charge in [-0.2, -0.15) is 0 Å². The molecule has 3 N–H and O–H groups in total. The van der Waals surface area contributed by atoms with Gasteiger partial charge >= 0.3 is 5.97 Å². The number of nitrogens with zero attached hydrogens (tertiary/aromatic N) is 5. The largest absolute Gasteiger partial charge is 0.477 e. The van der Waals surface area contributed by atoms with Crippen LogP contribution in [0.4, 0.5) is 11.4 Å². The molecule has 2 aromatic carbocycles. The number of non-ortho nitro benzene ring substituents is 2. The Morgan fingerprint density at radius 2 is 1.66 bits per heavy atom. The molecule has 2 aliphatic rings. The third-order valence-corrected chi connectivity index (χ3v) is 11.2. The van der Waals surface area contributed by atoms with E-state index in [-0.39, 0.29) is 45.5 Å². The predicted octanol–water partition coefficient (Wildman–Crippen LogP) is 2.96. The Balaban J connectivity index is 1.40. The fraction of sp³-hybridized carbons (Fsp3) is 0.276. The number of carbonyl (C=O) groups excluding carboxylic acids is 1. The molecule has 0 unspecified atom stereocenters. The molecule has 1 fully saturated rings. The lowest BCUT2D eigenvalue weighted by Crippen LogP contribution is -2.66. The molecule has 0 spiro atoms. The van der Waals surface area contributed by atoms with Crippen LogP contribution in [0.25, 0.3) is 10.4 Å². The SMILES string of the molecule is C[C@@H](O)[C@H]1C(=O)N2C(C(=O)O)=C(c3cn4cnc(S(=O)(=O)NCc5ccc([N+](=O)[O-])cc5)c4s3)[C@](C)(Cc3ccc([N+](=O)[O-])cc3)[C@@H]12. The number of rotatable bonds is 11. The second-order valence-corrected chi connectivity index (χ2v) is 14.3. The number of thiazole rings is 1. The van der Waals surface area contributed by atoms with E-state index in [4.69, 9.17) is 0 Å². The fourth-order valence-corrected chi connectivity index (χ4v) is 9.09. The van der Waals surface area contributed by atoms with Gasteiger partial charge in [0.2, 0.25) is 10.9 Å². The minimum Gasteiger partial charge on any atom is -0.477 e. The first-order valence-corrected chi connectivity index (χ1v) is 16.4. The lowest BCUT2D eigenvalue weighted by atomic mass is 9.64. The quantitative estimate of drug-likeness (QED) is 0.118. The van der Waals surface area contributed by atoms with Crippen LogP contribution >= 0.6 is 11.3 Å². The Labute approximate surface area is 269 Å². The maximum Gasteiger partial charge on any atom is 0.352 e. The third kappa shape index (κ3) is 5.24. The van der Waals surface area contributed by atoms with E-state index >= 15 is 0 Å². The van der Waals surface area contributed by atoms with Gasteiger partial charge in [0.15, 0.2) is 0 Å². The number of aromatic nitrogens is 2. The molecule has 16 nitrogen and oxygen atoms in total. The van der Waals surface area contributed by atoms with Crippen molar-refractivity contribution in [1.82, 2.24) is 19.0 Å². The molecule has 0 radical (unpaired) electrons. The summed E-state index contributed by atoms with van der Waals surface area (Å²) in [6.45, 7) is 3.03. The molecular formula is C29H26N6O10S2. The van der Waals surface area contributed by atoms with Crippen molar-refractivity contribution in [3.63, 3.8) is 0 Å². The Hall–Kier alpha value is -5.04. The number of carbonyl (C=O) groups is 2. The number of nitrogens with one attached hydrogen (secondary N) is 1. The lowest BCUT2D eigenvalue weighted by molar-refractivity contribution is -0.385. The normalized spacial score (nSPS) is 21.5. The molecule has 0 aliphatic carbocycles. The van der Waals surface area contributed by atoms with Gasteiger partial charge in [0.05, 0.1) is 32.8 Å². The standard InChI is InChI=1S/C29H26N6O10S2/c1-15(36)21-24-29(2,11-16-3-7-18(8-4-16)34(40)41)22(23(28(38)39)33(24)26(21)37)20-13-32-14-30-25(27(32)46-20)47(44,45)31-12-17-5-9-19(10-6-17)35(42)43/h3-10,13-15,21,24,31,36H,11-12H2,1-2H3,(H,38,39)/t15-,21-,24-,29+/m1/s1. The van der Waals surface area contributed by atoms with Gasteiger partial charge in [-0.05, 0) is 24.5 Å². The van der Waals surface area contributed by atoms with Crippen molar-refractivity contribution < 1.29 is 38.1 Å². The number of carboxylic acid groups (broad SMARTS) is 1. The van der Waals surface area contributed by atoms with Crippen molar-refractivity contribution in [2.75, 3.05) is 0 Å². The predicted molar refractivity (Wildman–Crippen MR) is 165 cm³/mol. The van der Waals surface area contributed by atoms with Crippen molar-refractivity contribution in [3.05, 3.63) is 103 Å². The van der Waals surface area contributed by atoms with E-state index in [0.717, 1.165) is 16.2 Å². The molecule has 18 heteroatoms. The van der Waals surface area contributed by atoms with Crippen molar-refractivity contribution >= 4 is 55.0 Å². The summed E-state index contributed by atoms with van der Waals surface area (Å²) < 4.78 is 30.6. The minimum atomic E-state index is -4.23. The number of hydrogen-bond donors (Lipinski definition) is 3. The van der Waals surface area contributed by atoms with Gasteiger partial charge in [0, 0.05) is 48.0 Å². The highest BCUT2D eigenvalue weighted by molar-refractivity contribution is 7.89. The molecule has 0 saturated carbocycles. The summed E-state index contributed by atoms with van der Waals surface area (Å²) >= 11 is 0.960. The molecular weight excluding hydrogens is 656 g/mol. The zero-order valence-electron chi connectivity index (χ0n) is 24.6. The van der Waals surface area contributed by atoms with Gasteiger partial charge in [0.25, 0.3) is 21.4 Å². The number of benzene rings is 2. The molecule has 1 amide bonds. The van der Waals surface area contributed by atoms with Crippen molar-refractivity contribution in [2.45, 2.75) is 44.0 Å². The number of sulfonamides is 1. The summed E-state index contributed by atoms with van der Waals surface area (Å²) in [4.78, 5) is 52.8. The molecule has 2 aromatic heterocycles. The number of hydrogen-bond acceptors (Lipinski definition) is 11. The summed E-state index contributed by atoms with van der Waals surface area (Å²) in [6.07, 6.45) is 1.83. The van der Waals surface area contributed by atoms with Crippen LogP contribution in [-0.4, -0.2) is 66.8 Å². The van der Waals surface area contributed by atoms with Crippen LogP contribution in [0.5, 0.6) is 0 Å². The second-order valence-electron chi connectivity index (χ2n) is 11.6. The number of amides is 1. The van der Waals surface area contributed by atoms with E-state index in [1.54, 1.807) is 19.1 Å². The number of fused-ring (bicyclic) bond motifs is 2. The van der Waals surface area contributed by atoms with Gasteiger partial charge in [-0.3, -0.25) is 29.4 Å². The monoisotopic (exact) mass is 682 g/mol. The molecule has 4 aromatic rings. The fourth-order valence-electron chi connectivity index (χ4n) is 6.47. The summed E-state index contributed by atoms with van der Waals surface area (Å²) in [5, 5.41) is 42.8. The van der Waals surface area contributed by atoms with Crippen LogP contribution in [0.3, 0.4) is 0 Å². The topological polar surface area (TPSA) is 228 Å². The minimum absolute atomic E-state index is 0.133. The third-order valence-electron chi connectivity index (χ3n) is 8.58. The van der Waals surface area contributed by atoms with Crippen molar-refractivity contribution in [2.24, 2.45) is 11.3 Å². The Morgan fingerprint density at radius 3 is 2.19 bits per heavy atom. The number of nitro benzene ring substituents is 2. The van der Waals surface area contributed by atoms with E-state index in [1.165, 1.54) is 60.2 Å². The van der Waals surface area contributed by atoms with Gasteiger partial charge in [-0.15, -0.1) is 11.3 Å². The van der Waals surface area contributed by atoms with E-state index in [2.05, 4.69) is 9.71 Å². The highest BCUT2D eigenvalue weighted by Crippen LogP contribution is 2.59. The number of aliphatic hydroxyl groups is 1. The number of carboxylic acids is 1. The smallest absolute Gasteiger partial charge is 0.352 e. The summed E-state index contributed by atoms with van der Waals surface area (Å²) in [6, 6.07) is 10.3. The van der Waals surface area contributed by atoms with Crippen LogP contribution in [0.1, 0.15) is 29.9 Å². The van der Waals surface area contributed by atoms with Crippen LogP contribution in [0.2, 0.25) is 0 Å². The number of nitro groups is 2. The van der Waals surface area contributed by atoms with Crippen LogP contribution in [-0.2, 0) is 32.6 Å². The number of imidazole rings is 1. The Morgan fingerprint density at radius 1 is 1.09 bits per heavy atom.